The van der Waals surface area contributed by atoms with E-state index in [9.17, 15) is 0 Å². The predicted octanol–water partition coefficient (Wildman–Crippen LogP) is 0.762. The van der Waals surface area contributed by atoms with Gasteiger partial charge < -0.3 is 19.9 Å². The molecule has 0 saturated carbocycles. The van der Waals surface area contributed by atoms with E-state index in [0.717, 1.165) is 44.6 Å². The highest BCUT2D eigenvalue weighted by Crippen LogP contribution is 1.97. The normalized spacial score (nSPS) is 11.2. The SMILES string of the molecule is Cc1cn(CCOCCOCCNCCCCCCO)nn1. The summed E-state index contributed by atoms with van der Waals surface area (Å²) < 4.78 is 12.7. The van der Waals surface area contributed by atoms with E-state index in [1.807, 2.05) is 13.1 Å². The first kappa shape index (κ1) is 19.0. The average Bonchev–Trinajstić information content (AvgIpc) is 2.93. The Morgan fingerprint density at radius 3 is 2.55 bits per heavy atom. The molecule has 22 heavy (non-hydrogen) atoms. The number of ether oxygens (including phenoxy) is 2. The lowest BCUT2D eigenvalue weighted by atomic mass is 10.2. The molecule has 1 rings (SSSR count). The van der Waals surface area contributed by atoms with Gasteiger partial charge in [0.05, 0.1) is 38.7 Å². The summed E-state index contributed by atoms with van der Waals surface area (Å²) in [4.78, 5) is 0. The smallest absolute Gasteiger partial charge is 0.0796 e. The Labute approximate surface area is 133 Å². The van der Waals surface area contributed by atoms with Crippen molar-refractivity contribution in [3.8, 4) is 0 Å². The van der Waals surface area contributed by atoms with E-state index in [2.05, 4.69) is 15.6 Å². The van der Waals surface area contributed by atoms with E-state index in [4.69, 9.17) is 14.6 Å². The van der Waals surface area contributed by atoms with Gasteiger partial charge >= 0.3 is 0 Å². The number of aryl methyl sites for hydroxylation is 1. The van der Waals surface area contributed by atoms with Crippen LogP contribution in [0.5, 0.6) is 0 Å². The van der Waals surface area contributed by atoms with E-state index in [1.54, 1.807) is 4.68 Å². The van der Waals surface area contributed by atoms with Gasteiger partial charge in [-0.05, 0) is 26.3 Å². The first-order valence-electron chi connectivity index (χ1n) is 8.16. The molecule has 1 aromatic heterocycles. The highest BCUT2D eigenvalue weighted by atomic mass is 16.5. The molecule has 0 fully saturated rings. The lowest BCUT2D eigenvalue weighted by Crippen LogP contribution is -2.21. The van der Waals surface area contributed by atoms with Gasteiger partial charge in [0.25, 0.3) is 0 Å². The number of hydrogen-bond donors (Lipinski definition) is 2. The number of nitrogens with one attached hydrogen (secondary N) is 1. The van der Waals surface area contributed by atoms with E-state index >= 15 is 0 Å². The van der Waals surface area contributed by atoms with Crippen LogP contribution in [0.15, 0.2) is 6.20 Å². The maximum atomic E-state index is 8.65. The van der Waals surface area contributed by atoms with Crippen LogP contribution >= 0.6 is 0 Å². The molecular weight excluding hydrogens is 284 g/mol. The molecule has 1 heterocycles. The summed E-state index contributed by atoms with van der Waals surface area (Å²) in [6.07, 6.45) is 6.26. The molecule has 7 heteroatoms. The zero-order valence-electron chi connectivity index (χ0n) is 13.7. The van der Waals surface area contributed by atoms with E-state index in [-0.39, 0.29) is 0 Å². The van der Waals surface area contributed by atoms with Gasteiger partial charge in [-0.1, -0.05) is 18.1 Å². The maximum Gasteiger partial charge on any atom is 0.0796 e. The molecule has 0 aliphatic carbocycles. The van der Waals surface area contributed by atoms with Crippen LogP contribution < -0.4 is 5.32 Å². The molecule has 7 nitrogen and oxygen atoms in total. The molecule has 0 aliphatic heterocycles. The van der Waals surface area contributed by atoms with Crippen LogP contribution in [-0.2, 0) is 16.0 Å². The van der Waals surface area contributed by atoms with Gasteiger partial charge in [-0.3, -0.25) is 0 Å². The number of aromatic nitrogens is 3. The van der Waals surface area contributed by atoms with Crippen LogP contribution in [0.25, 0.3) is 0 Å². The molecule has 0 amide bonds. The molecule has 0 atom stereocenters. The van der Waals surface area contributed by atoms with Gasteiger partial charge in [-0.15, -0.1) is 5.10 Å². The highest BCUT2D eigenvalue weighted by molar-refractivity contribution is 4.86. The lowest BCUT2D eigenvalue weighted by Gasteiger charge is -2.07. The third-order valence-corrected chi connectivity index (χ3v) is 3.17. The van der Waals surface area contributed by atoms with Crippen LogP contribution in [0.1, 0.15) is 31.4 Å². The van der Waals surface area contributed by atoms with Gasteiger partial charge in [0.15, 0.2) is 0 Å². The third kappa shape index (κ3) is 10.7. The lowest BCUT2D eigenvalue weighted by molar-refractivity contribution is 0.0449. The molecule has 0 saturated heterocycles. The van der Waals surface area contributed by atoms with Crippen molar-refractivity contribution >= 4 is 0 Å². The topological polar surface area (TPSA) is 81.4 Å². The highest BCUT2D eigenvalue weighted by Gasteiger charge is 1.96. The fourth-order valence-electron chi connectivity index (χ4n) is 1.97. The molecule has 0 aromatic carbocycles. The number of aliphatic hydroxyl groups is 1. The number of aliphatic hydroxyl groups excluding tert-OH is 1. The van der Waals surface area contributed by atoms with Crippen molar-refractivity contribution in [2.45, 2.75) is 39.2 Å². The second-order valence-electron chi connectivity index (χ2n) is 5.24. The Morgan fingerprint density at radius 1 is 1.05 bits per heavy atom. The van der Waals surface area contributed by atoms with Crippen molar-refractivity contribution in [3.05, 3.63) is 11.9 Å². The van der Waals surface area contributed by atoms with Crippen molar-refractivity contribution in [1.29, 1.82) is 0 Å². The second kappa shape index (κ2) is 13.6. The molecule has 128 valence electrons. The van der Waals surface area contributed by atoms with Gasteiger partial charge in [0, 0.05) is 19.3 Å². The zero-order chi connectivity index (χ0) is 15.9. The third-order valence-electron chi connectivity index (χ3n) is 3.17. The van der Waals surface area contributed by atoms with Crippen molar-refractivity contribution < 1.29 is 14.6 Å². The molecule has 0 spiro atoms. The Morgan fingerprint density at radius 2 is 1.82 bits per heavy atom. The van der Waals surface area contributed by atoms with E-state index in [1.165, 1.54) is 6.42 Å². The second-order valence-corrected chi connectivity index (χ2v) is 5.24. The quantitative estimate of drug-likeness (QED) is 0.465. The number of nitrogens with zero attached hydrogens (tertiary/aromatic N) is 3. The van der Waals surface area contributed by atoms with E-state index in [0.29, 0.717) is 33.0 Å². The van der Waals surface area contributed by atoms with Gasteiger partial charge in [0.2, 0.25) is 0 Å². The summed E-state index contributed by atoms with van der Waals surface area (Å²) in [6.45, 7) is 7.40. The number of hydrogen-bond acceptors (Lipinski definition) is 6. The zero-order valence-corrected chi connectivity index (χ0v) is 13.7. The van der Waals surface area contributed by atoms with Gasteiger partial charge in [0.1, 0.15) is 0 Å². The summed E-state index contributed by atoms with van der Waals surface area (Å²) in [5, 5.41) is 19.9. The average molecular weight is 314 g/mol. The molecular formula is C15H30N4O3. The predicted molar refractivity (Wildman–Crippen MR) is 84.8 cm³/mol. The first-order valence-corrected chi connectivity index (χ1v) is 8.16. The van der Waals surface area contributed by atoms with Gasteiger partial charge in [-0.25, -0.2) is 4.68 Å². The number of unbranched alkanes of at least 4 members (excludes halogenated alkanes) is 3. The summed E-state index contributed by atoms with van der Waals surface area (Å²) in [6, 6.07) is 0. The standard InChI is InChI=1S/C15H30N4O3/c1-15-14-19(18-17-15)8-11-22-13-12-21-10-7-16-6-4-2-3-5-9-20/h14,16,20H,2-13H2,1H3. The number of rotatable bonds is 15. The van der Waals surface area contributed by atoms with E-state index < -0.39 is 0 Å². The summed E-state index contributed by atoms with van der Waals surface area (Å²) >= 11 is 0. The summed E-state index contributed by atoms with van der Waals surface area (Å²) in [5.41, 5.74) is 0.921. The van der Waals surface area contributed by atoms with Crippen LogP contribution in [-0.4, -0.2) is 66.2 Å². The Kier molecular flexibility index (Phi) is 11.8. The fraction of sp³-hybridized carbons (Fsp3) is 0.867. The molecule has 1 aromatic rings. The summed E-state index contributed by atoms with van der Waals surface area (Å²) in [5.74, 6) is 0. The fourth-order valence-corrected chi connectivity index (χ4v) is 1.97. The van der Waals surface area contributed by atoms with Gasteiger partial charge in [-0.2, -0.15) is 0 Å². The molecule has 0 radical (unpaired) electrons. The largest absolute Gasteiger partial charge is 0.396 e. The molecule has 0 bridgehead atoms. The molecule has 0 unspecified atom stereocenters. The minimum Gasteiger partial charge on any atom is -0.396 e. The van der Waals surface area contributed by atoms with Crippen molar-refractivity contribution in [1.82, 2.24) is 20.3 Å². The molecule has 0 aliphatic rings. The Balaban J connectivity index is 1.73. The van der Waals surface area contributed by atoms with Crippen molar-refractivity contribution in [3.63, 3.8) is 0 Å². The Bertz CT molecular complexity index is 360. The molecule has 2 N–H and O–H groups in total. The van der Waals surface area contributed by atoms with Crippen LogP contribution in [0, 0.1) is 6.92 Å². The Hall–Kier alpha value is -1.02. The van der Waals surface area contributed by atoms with Crippen LogP contribution in [0.2, 0.25) is 0 Å². The van der Waals surface area contributed by atoms with Crippen LogP contribution in [0.3, 0.4) is 0 Å². The van der Waals surface area contributed by atoms with Crippen molar-refractivity contribution in [2.24, 2.45) is 0 Å². The minimum absolute atomic E-state index is 0.307. The minimum atomic E-state index is 0.307. The van der Waals surface area contributed by atoms with Crippen LogP contribution in [0.4, 0.5) is 0 Å². The monoisotopic (exact) mass is 314 g/mol. The maximum absolute atomic E-state index is 8.65. The van der Waals surface area contributed by atoms with Crippen molar-refractivity contribution in [2.75, 3.05) is 46.1 Å². The summed E-state index contributed by atoms with van der Waals surface area (Å²) in [7, 11) is 0. The first-order chi connectivity index (χ1) is 10.8.